The highest BCUT2D eigenvalue weighted by atomic mass is 16.5. The SMILES string of the molecule is COCCCOCCn1ccnc1. The summed E-state index contributed by atoms with van der Waals surface area (Å²) in [5, 5.41) is 0. The Kier molecular flexibility index (Phi) is 5.20. The van der Waals surface area contributed by atoms with Gasteiger partial charge in [0.25, 0.3) is 0 Å². The molecule has 0 saturated heterocycles. The second-order valence-electron chi connectivity index (χ2n) is 2.76. The maximum atomic E-state index is 5.38. The quantitative estimate of drug-likeness (QED) is 0.592. The van der Waals surface area contributed by atoms with E-state index in [0.29, 0.717) is 0 Å². The van der Waals surface area contributed by atoms with E-state index in [2.05, 4.69) is 4.98 Å². The fraction of sp³-hybridized carbons (Fsp3) is 0.667. The Bertz CT molecular complexity index is 199. The first kappa shape index (κ1) is 10.2. The van der Waals surface area contributed by atoms with Crippen LogP contribution in [0.5, 0.6) is 0 Å². The van der Waals surface area contributed by atoms with E-state index < -0.39 is 0 Å². The number of ether oxygens (including phenoxy) is 2. The lowest BCUT2D eigenvalue weighted by atomic mass is 10.5. The normalized spacial score (nSPS) is 10.5. The molecule has 0 aliphatic rings. The zero-order valence-corrected chi connectivity index (χ0v) is 7.98. The van der Waals surface area contributed by atoms with Crippen LogP contribution in [0.15, 0.2) is 18.7 Å². The molecule has 4 nitrogen and oxygen atoms in total. The van der Waals surface area contributed by atoms with Crippen LogP contribution in [0, 0.1) is 0 Å². The van der Waals surface area contributed by atoms with Crippen molar-refractivity contribution in [2.45, 2.75) is 13.0 Å². The third kappa shape index (κ3) is 4.65. The zero-order valence-electron chi connectivity index (χ0n) is 7.98. The third-order valence-electron chi connectivity index (χ3n) is 1.69. The van der Waals surface area contributed by atoms with Crippen molar-refractivity contribution in [3.63, 3.8) is 0 Å². The van der Waals surface area contributed by atoms with Crippen LogP contribution >= 0.6 is 0 Å². The van der Waals surface area contributed by atoms with Gasteiger partial charge in [-0.1, -0.05) is 0 Å². The smallest absolute Gasteiger partial charge is 0.0946 e. The van der Waals surface area contributed by atoms with Gasteiger partial charge in [0, 0.05) is 39.3 Å². The van der Waals surface area contributed by atoms with Crippen molar-refractivity contribution in [1.29, 1.82) is 0 Å². The lowest BCUT2D eigenvalue weighted by molar-refractivity contribution is 0.0977. The molecular weight excluding hydrogens is 168 g/mol. The molecule has 0 aromatic carbocycles. The van der Waals surface area contributed by atoms with E-state index in [4.69, 9.17) is 9.47 Å². The van der Waals surface area contributed by atoms with Gasteiger partial charge in [0.1, 0.15) is 0 Å². The molecule has 0 N–H and O–H groups in total. The molecule has 1 aromatic heterocycles. The molecule has 0 radical (unpaired) electrons. The van der Waals surface area contributed by atoms with Gasteiger partial charge in [-0.3, -0.25) is 0 Å². The van der Waals surface area contributed by atoms with Crippen LogP contribution in [-0.4, -0.2) is 36.5 Å². The average molecular weight is 184 g/mol. The molecule has 4 heteroatoms. The first-order chi connectivity index (χ1) is 6.43. The Balaban J connectivity index is 1.90. The van der Waals surface area contributed by atoms with Gasteiger partial charge < -0.3 is 14.0 Å². The molecule has 74 valence electrons. The molecule has 0 spiro atoms. The maximum absolute atomic E-state index is 5.38. The number of imidazole rings is 1. The molecule has 0 aliphatic carbocycles. The van der Waals surface area contributed by atoms with Gasteiger partial charge in [-0.2, -0.15) is 0 Å². The largest absolute Gasteiger partial charge is 0.385 e. The Morgan fingerprint density at radius 1 is 1.31 bits per heavy atom. The Morgan fingerprint density at radius 2 is 2.23 bits per heavy atom. The highest BCUT2D eigenvalue weighted by Crippen LogP contribution is 1.88. The van der Waals surface area contributed by atoms with Crippen LogP contribution in [0.3, 0.4) is 0 Å². The molecule has 0 aliphatic heterocycles. The fourth-order valence-corrected chi connectivity index (χ4v) is 0.996. The van der Waals surface area contributed by atoms with E-state index in [1.165, 1.54) is 0 Å². The highest BCUT2D eigenvalue weighted by Gasteiger charge is 1.90. The first-order valence-corrected chi connectivity index (χ1v) is 4.46. The van der Waals surface area contributed by atoms with E-state index in [9.17, 15) is 0 Å². The molecule has 1 heterocycles. The lowest BCUT2D eigenvalue weighted by Crippen LogP contribution is -2.06. The number of hydrogen-bond donors (Lipinski definition) is 0. The van der Waals surface area contributed by atoms with Crippen molar-refractivity contribution in [1.82, 2.24) is 9.55 Å². The Labute approximate surface area is 78.5 Å². The predicted octanol–water partition coefficient (Wildman–Crippen LogP) is 0.936. The predicted molar refractivity (Wildman–Crippen MR) is 49.5 cm³/mol. The van der Waals surface area contributed by atoms with Crippen LogP contribution in [0.4, 0.5) is 0 Å². The van der Waals surface area contributed by atoms with Gasteiger partial charge in [0.05, 0.1) is 12.9 Å². The fourth-order valence-electron chi connectivity index (χ4n) is 0.996. The number of rotatable bonds is 7. The average Bonchev–Trinajstić information content (AvgIpc) is 2.63. The second-order valence-corrected chi connectivity index (χ2v) is 2.76. The molecule has 0 fully saturated rings. The van der Waals surface area contributed by atoms with Crippen molar-refractivity contribution in [3.8, 4) is 0 Å². The van der Waals surface area contributed by atoms with E-state index in [1.54, 1.807) is 19.6 Å². The molecule has 0 bridgehead atoms. The minimum Gasteiger partial charge on any atom is -0.385 e. The number of methoxy groups -OCH3 is 1. The van der Waals surface area contributed by atoms with Gasteiger partial charge in [0.15, 0.2) is 0 Å². The molecule has 1 aromatic rings. The third-order valence-corrected chi connectivity index (χ3v) is 1.69. The van der Waals surface area contributed by atoms with E-state index in [-0.39, 0.29) is 0 Å². The van der Waals surface area contributed by atoms with Crippen LogP contribution in [0.2, 0.25) is 0 Å². The van der Waals surface area contributed by atoms with Crippen molar-refractivity contribution < 1.29 is 9.47 Å². The maximum Gasteiger partial charge on any atom is 0.0946 e. The molecule has 0 amide bonds. The minimum absolute atomic E-state index is 0.736. The van der Waals surface area contributed by atoms with Gasteiger partial charge in [-0.25, -0.2) is 4.98 Å². The van der Waals surface area contributed by atoms with E-state index >= 15 is 0 Å². The number of hydrogen-bond acceptors (Lipinski definition) is 3. The molecule has 1 rings (SSSR count). The van der Waals surface area contributed by atoms with Crippen molar-refractivity contribution >= 4 is 0 Å². The Morgan fingerprint density at radius 3 is 2.92 bits per heavy atom. The van der Waals surface area contributed by atoms with Gasteiger partial charge in [-0.15, -0.1) is 0 Å². The van der Waals surface area contributed by atoms with Crippen molar-refractivity contribution in [2.24, 2.45) is 0 Å². The van der Waals surface area contributed by atoms with Gasteiger partial charge in [0.2, 0.25) is 0 Å². The molecule has 0 saturated carbocycles. The van der Waals surface area contributed by atoms with Crippen LogP contribution < -0.4 is 0 Å². The van der Waals surface area contributed by atoms with Crippen LogP contribution in [-0.2, 0) is 16.0 Å². The molecule has 0 atom stereocenters. The number of aromatic nitrogens is 2. The first-order valence-electron chi connectivity index (χ1n) is 4.46. The summed E-state index contributed by atoms with van der Waals surface area (Å²) in [6.07, 6.45) is 6.45. The summed E-state index contributed by atoms with van der Waals surface area (Å²) < 4.78 is 12.3. The summed E-state index contributed by atoms with van der Waals surface area (Å²) >= 11 is 0. The summed E-state index contributed by atoms with van der Waals surface area (Å²) in [6, 6.07) is 0. The van der Waals surface area contributed by atoms with Crippen LogP contribution in [0.1, 0.15) is 6.42 Å². The monoisotopic (exact) mass is 184 g/mol. The van der Waals surface area contributed by atoms with Gasteiger partial charge in [-0.05, 0) is 6.42 Å². The molecule has 0 unspecified atom stereocenters. The Hall–Kier alpha value is -0.870. The lowest BCUT2D eigenvalue weighted by Gasteiger charge is -2.03. The summed E-state index contributed by atoms with van der Waals surface area (Å²) in [5.74, 6) is 0. The molecule has 13 heavy (non-hydrogen) atoms. The van der Waals surface area contributed by atoms with E-state index in [1.807, 2.05) is 10.8 Å². The van der Waals surface area contributed by atoms with Crippen molar-refractivity contribution in [3.05, 3.63) is 18.7 Å². The van der Waals surface area contributed by atoms with E-state index in [0.717, 1.165) is 32.8 Å². The van der Waals surface area contributed by atoms with Gasteiger partial charge >= 0.3 is 0 Å². The van der Waals surface area contributed by atoms with Crippen LogP contribution in [0.25, 0.3) is 0 Å². The highest BCUT2D eigenvalue weighted by molar-refractivity contribution is 4.73. The molecular formula is C9H16N2O2. The summed E-state index contributed by atoms with van der Waals surface area (Å²) in [6.45, 7) is 3.14. The standard InChI is InChI=1S/C9H16N2O2/c1-12-6-2-7-13-8-5-11-4-3-10-9-11/h3-4,9H,2,5-8H2,1H3. The number of nitrogens with zero attached hydrogens (tertiary/aromatic N) is 2. The summed E-state index contributed by atoms with van der Waals surface area (Å²) in [5.41, 5.74) is 0. The summed E-state index contributed by atoms with van der Waals surface area (Å²) in [4.78, 5) is 3.94. The van der Waals surface area contributed by atoms with Crippen molar-refractivity contribution in [2.75, 3.05) is 26.9 Å². The zero-order chi connectivity index (χ0) is 9.36. The minimum atomic E-state index is 0.736. The topological polar surface area (TPSA) is 36.3 Å². The second kappa shape index (κ2) is 6.62. The summed E-state index contributed by atoms with van der Waals surface area (Å²) in [7, 11) is 1.70.